The van der Waals surface area contributed by atoms with E-state index in [4.69, 9.17) is 9.84 Å². The van der Waals surface area contributed by atoms with Gasteiger partial charge in [-0.3, -0.25) is 9.69 Å². The summed E-state index contributed by atoms with van der Waals surface area (Å²) < 4.78 is 5.11. The summed E-state index contributed by atoms with van der Waals surface area (Å²) in [7, 11) is 1.63. The third-order valence-electron chi connectivity index (χ3n) is 2.91. The van der Waals surface area contributed by atoms with Crippen LogP contribution in [0.2, 0.25) is 0 Å². The fraction of sp³-hybridized carbons (Fsp3) is 0.400. The molecule has 1 unspecified atom stereocenters. The van der Waals surface area contributed by atoms with Crippen molar-refractivity contribution in [3.63, 3.8) is 0 Å². The van der Waals surface area contributed by atoms with Crippen molar-refractivity contribution < 1.29 is 14.6 Å². The minimum atomic E-state index is -0.774. The van der Waals surface area contributed by atoms with Crippen LogP contribution in [-0.4, -0.2) is 36.2 Å². The van der Waals surface area contributed by atoms with Crippen molar-refractivity contribution in [2.75, 3.05) is 20.2 Å². The zero-order valence-electron chi connectivity index (χ0n) is 11.5. The molecule has 0 bridgehead atoms. The molecule has 1 aromatic carbocycles. The van der Waals surface area contributed by atoms with Gasteiger partial charge in [0, 0.05) is 19.6 Å². The number of ether oxygens (including phenoxy) is 1. The Hall–Kier alpha value is -1.81. The van der Waals surface area contributed by atoms with Gasteiger partial charge in [0.25, 0.3) is 0 Å². The smallest absolute Gasteiger partial charge is 0.307 e. The number of aliphatic carboxylic acids is 1. The van der Waals surface area contributed by atoms with E-state index in [1.165, 1.54) is 0 Å². The normalized spacial score (nSPS) is 12.2. The summed E-state index contributed by atoms with van der Waals surface area (Å²) in [6.45, 7) is 7.31. The Kier molecular flexibility index (Phi) is 6.09. The summed E-state index contributed by atoms with van der Waals surface area (Å²) in [5.74, 6) is -0.347. The number of hydrogen-bond donors (Lipinski definition) is 1. The first-order valence-corrected chi connectivity index (χ1v) is 6.25. The maximum absolute atomic E-state index is 10.9. The van der Waals surface area contributed by atoms with Crippen LogP contribution >= 0.6 is 0 Å². The van der Waals surface area contributed by atoms with Crippen molar-refractivity contribution in [1.29, 1.82) is 0 Å². The van der Waals surface area contributed by atoms with Crippen LogP contribution in [0.25, 0.3) is 0 Å². The monoisotopic (exact) mass is 263 g/mol. The summed E-state index contributed by atoms with van der Waals surface area (Å²) in [4.78, 5) is 13.0. The summed E-state index contributed by atoms with van der Waals surface area (Å²) in [6, 6.07) is 7.78. The van der Waals surface area contributed by atoms with E-state index < -0.39 is 11.9 Å². The Morgan fingerprint density at radius 2 is 2.11 bits per heavy atom. The van der Waals surface area contributed by atoms with Gasteiger partial charge in [-0.1, -0.05) is 25.1 Å². The van der Waals surface area contributed by atoms with Crippen LogP contribution in [-0.2, 0) is 11.3 Å². The lowest BCUT2D eigenvalue weighted by atomic mass is 10.1. The number of benzene rings is 1. The maximum atomic E-state index is 10.9. The van der Waals surface area contributed by atoms with Crippen molar-refractivity contribution in [2.45, 2.75) is 13.5 Å². The van der Waals surface area contributed by atoms with Gasteiger partial charge in [-0.05, 0) is 17.7 Å². The van der Waals surface area contributed by atoms with Gasteiger partial charge >= 0.3 is 5.97 Å². The minimum Gasteiger partial charge on any atom is -0.497 e. The molecule has 19 heavy (non-hydrogen) atoms. The first kappa shape index (κ1) is 15.2. The van der Waals surface area contributed by atoms with Crippen molar-refractivity contribution in [2.24, 2.45) is 5.92 Å². The Balaban J connectivity index is 2.65. The van der Waals surface area contributed by atoms with E-state index in [9.17, 15) is 4.79 Å². The highest BCUT2D eigenvalue weighted by Crippen LogP contribution is 2.14. The van der Waals surface area contributed by atoms with Gasteiger partial charge in [0.05, 0.1) is 13.0 Å². The highest BCUT2D eigenvalue weighted by Gasteiger charge is 2.15. The molecule has 0 saturated carbocycles. The highest BCUT2D eigenvalue weighted by atomic mass is 16.5. The fourth-order valence-corrected chi connectivity index (χ4v) is 1.84. The molecule has 4 nitrogen and oxygen atoms in total. The topological polar surface area (TPSA) is 49.8 Å². The Bertz CT molecular complexity index is 414. The molecule has 0 saturated heterocycles. The Morgan fingerprint density at radius 3 is 2.58 bits per heavy atom. The van der Waals surface area contributed by atoms with Gasteiger partial charge in [0.15, 0.2) is 0 Å². The van der Waals surface area contributed by atoms with E-state index in [2.05, 4.69) is 11.5 Å². The molecule has 0 amide bonds. The lowest BCUT2D eigenvalue weighted by Gasteiger charge is -2.22. The Morgan fingerprint density at radius 1 is 1.47 bits per heavy atom. The summed E-state index contributed by atoms with van der Waals surface area (Å²) in [6.07, 6.45) is 1.79. The van der Waals surface area contributed by atoms with E-state index >= 15 is 0 Å². The van der Waals surface area contributed by atoms with E-state index in [0.717, 1.165) is 11.3 Å². The number of carboxylic acid groups (broad SMARTS) is 1. The van der Waals surface area contributed by atoms with Gasteiger partial charge in [0.2, 0.25) is 0 Å². The molecule has 0 heterocycles. The molecular weight excluding hydrogens is 242 g/mol. The van der Waals surface area contributed by atoms with Crippen LogP contribution in [0.4, 0.5) is 0 Å². The van der Waals surface area contributed by atoms with Gasteiger partial charge in [-0.25, -0.2) is 0 Å². The van der Waals surface area contributed by atoms with Crippen LogP contribution < -0.4 is 4.74 Å². The lowest BCUT2D eigenvalue weighted by Crippen LogP contribution is -2.31. The second-order valence-corrected chi connectivity index (χ2v) is 4.57. The maximum Gasteiger partial charge on any atom is 0.307 e. The van der Waals surface area contributed by atoms with Crippen molar-refractivity contribution >= 4 is 5.97 Å². The minimum absolute atomic E-state index is 0.391. The molecule has 0 spiro atoms. The number of nitrogens with zero attached hydrogens (tertiary/aromatic N) is 1. The SMILES string of the molecule is C=CCN(Cc1ccc(OC)cc1)CC(C)C(=O)O. The second kappa shape index (κ2) is 7.59. The lowest BCUT2D eigenvalue weighted by molar-refractivity contribution is -0.141. The largest absolute Gasteiger partial charge is 0.497 e. The van der Waals surface area contributed by atoms with Crippen molar-refractivity contribution in [1.82, 2.24) is 4.90 Å². The average Bonchev–Trinajstić information content (AvgIpc) is 2.39. The molecule has 0 aliphatic heterocycles. The molecule has 0 fully saturated rings. The van der Waals surface area contributed by atoms with E-state index in [1.807, 2.05) is 24.3 Å². The average molecular weight is 263 g/mol. The number of hydrogen-bond acceptors (Lipinski definition) is 3. The first-order valence-electron chi connectivity index (χ1n) is 6.25. The zero-order valence-corrected chi connectivity index (χ0v) is 11.5. The molecule has 104 valence electrons. The van der Waals surface area contributed by atoms with Crippen LogP contribution in [0.1, 0.15) is 12.5 Å². The van der Waals surface area contributed by atoms with Gasteiger partial charge < -0.3 is 9.84 Å². The fourth-order valence-electron chi connectivity index (χ4n) is 1.84. The van der Waals surface area contributed by atoms with Crippen molar-refractivity contribution in [3.8, 4) is 5.75 Å². The van der Waals surface area contributed by atoms with Crippen LogP contribution in [0.5, 0.6) is 5.75 Å². The molecule has 0 aromatic heterocycles. The Labute approximate surface area is 114 Å². The highest BCUT2D eigenvalue weighted by molar-refractivity contribution is 5.69. The van der Waals surface area contributed by atoms with Gasteiger partial charge in [-0.2, -0.15) is 0 Å². The first-order chi connectivity index (χ1) is 9.06. The molecule has 1 rings (SSSR count). The molecule has 0 radical (unpaired) electrons. The molecule has 0 aliphatic rings. The molecular formula is C15H21NO3. The number of methoxy groups -OCH3 is 1. The summed E-state index contributed by atoms with van der Waals surface area (Å²) in [5, 5.41) is 8.96. The second-order valence-electron chi connectivity index (χ2n) is 4.57. The molecule has 1 aromatic rings. The standard InChI is InChI=1S/C15H21NO3/c1-4-9-16(10-12(2)15(17)18)11-13-5-7-14(19-3)8-6-13/h4-8,12H,1,9-11H2,2-3H3,(H,17,18). The number of carbonyl (C=O) groups is 1. The van der Waals surface area contributed by atoms with Gasteiger partial charge in [-0.15, -0.1) is 6.58 Å². The van der Waals surface area contributed by atoms with E-state index in [-0.39, 0.29) is 0 Å². The van der Waals surface area contributed by atoms with E-state index in [0.29, 0.717) is 19.6 Å². The molecule has 1 atom stereocenters. The molecule has 1 N–H and O–H groups in total. The number of carboxylic acids is 1. The van der Waals surface area contributed by atoms with E-state index in [1.54, 1.807) is 20.1 Å². The zero-order chi connectivity index (χ0) is 14.3. The van der Waals surface area contributed by atoms with Crippen LogP contribution in [0.15, 0.2) is 36.9 Å². The quantitative estimate of drug-likeness (QED) is 0.732. The van der Waals surface area contributed by atoms with Gasteiger partial charge in [0.1, 0.15) is 5.75 Å². The summed E-state index contributed by atoms with van der Waals surface area (Å²) in [5.41, 5.74) is 1.13. The predicted molar refractivity (Wildman–Crippen MR) is 75.3 cm³/mol. The molecule has 4 heteroatoms. The summed E-state index contributed by atoms with van der Waals surface area (Å²) >= 11 is 0. The van der Waals surface area contributed by atoms with Crippen LogP contribution in [0, 0.1) is 5.92 Å². The third kappa shape index (κ3) is 5.14. The number of rotatable bonds is 8. The van der Waals surface area contributed by atoms with Crippen LogP contribution in [0.3, 0.4) is 0 Å². The third-order valence-corrected chi connectivity index (χ3v) is 2.91. The van der Waals surface area contributed by atoms with Crippen molar-refractivity contribution in [3.05, 3.63) is 42.5 Å². The molecule has 0 aliphatic carbocycles. The predicted octanol–water partition coefficient (Wildman–Crippen LogP) is 2.40.